The lowest BCUT2D eigenvalue weighted by molar-refractivity contribution is -0.147. The van der Waals surface area contributed by atoms with Gasteiger partial charge in [-0.3, -0.25) is 9.59 Å². The van der Waals surface area contributed by atoms with Crippen LogP contribution in [-0.2, 0) is 19.1 Å². The third-order valence-corrected chi connectivity index (χ3v) is 2.79. The van der Waals surface area contributed by atoms with Gasteiger partial charge in [-0.2, -0.15) is 0 Å². The summed E-state index contributed by atoms with van der Waals surface area (Å²) in [7, 11) is 0. The van der Waals surface area contributed by atoms with Crippen LogP contribution in [-0.4, -0.2) is 24.6 Å². The standard InChI is InChI=1S/C17H28O4/c1-7-14(3)21-16(19)10-8-9-15(18)20-12-13(2)11-17(4,5)6/h1,13-14H,8-12H2,2-6H3. The van der Waals surface area contributed by atoms with Gasteiger partial charge in [-0.05, 0) is 31.1 Å². The topological polar surface area (TPSA) is 52.6 Å². The molecule has 0 aliphatic rings. The molecule has 0 heterocycles. The van der Waals surface area contributed by atoms with E-state index in [4.69, 9.17) is 15.9 Å². The van der Waals surface area contributed by atoms with Crippen molar-refractivity contribution < 1.29 is 19.1 Å². The lowest BCUT2D eigenvalue weighted by atomic mass is 9.86. The number of terminal acetylenes is 1. The zero-order valence-electron chi connectivity index (χ0n) is 13.9. The van der Waals surface area contributed by atoms with Crippen LogP contribution in [0, 0.1) is 23.7 Å². The van der Waals surface area contributed by atoms with Crippen molar-refractivity contribution in [3.05, 3.63) is 0 Å². The van der Waals surface area contributed by atoms with Gasteiger partial charge in [-0.15, -0.1) is 6.42 Å². The van der Waals surface area contributed by atoms with Gasteiger partial charge in [0.1, 0.15) is 0 Å². The van der Waals surface area contributed by atoms with E-state index in [0.717, 1.165) is 6.42 Å². The highest BCUT2D eigenvalue weighted by atomic mass is 16.5. The second-order valence-electron chi connectivity index (χ2n) is 6.71. The van der Waals surface area contributed by atoms with Crippen LogP contribution in [0.5, 0.6) is 0 Å². The van der Waals surface area contributed by atoms with Crippen molar-refractivity contribution in [2.24, 2.45) is 11.3 Å². The predicted octanol–water partition coefficient (Wildman–Crippen LogP) is 3.34. The summed E-state index contributed by atoms with van der Waals surface area (Å²) < 4.78 is 10.1. The van der Waals surface area contributed by atoms with E-state index in [2.05, 4.69) is 33.6 Å². The molecule has 0 saturated heterocycles. The van der Waals surface area contributed by atoms with Crippen molar-refractivity contribution in [2.45, 2.75) is 66.4 Å². The quantitative estimate of drug-likeness (QED) is 0.509. The molecule has 0 bridgehead atoms. The van der Waals surface area contributed by atoms with E-state index in [1.807, 2.05) is 0 Å². The molecule has 21 heavy (non-hydrogen) atoms. The Bertz CT molecular complexity index is 373. The molecular formula is C17H28O4. The van der Waals surface area contributed by atoms with Gasteiger partial charge in [0.25, 0.3) is 0 Å². The van der Waals surface area contributed by atoms with Crippen molar-refractivity contribution in [3.8, 4) is 12.3 Å². The first-order valence-corrected chi connectivity index (χ1v) is 7.45. The van der Waals surface area contributed by atoms with E-state index in [1.165, 1.54) is 0 Å². The SMILES string of the molecule is C#CC(C)OC(=O)CCCC(=O)OCC(C)CC(C)(C)C. The van der Waals surface area contributed by atoms with Crippen LogP contribution in [0.1, 0.15) is 60.3 Å². The summed E-state index contributed by atoms with van der Waals surface area (Å²) in [4.78, 5) is 22.9. The summed E-state index contributed by atoms with van der Waals surface area (Å²) in [5, 5.41) is 0. The van der Waals surface area contributed by atoms with Crippen LogP contribution in [0.3, 0.4) is 0 Å². The molecule has 0 aliphatic heterocycles. The molecule has 0 aromatic heterocycles. The van der Waals surface area contributed by atoms with Gasteiger partial charge < -0.3 is 9.47 Å². The fourth-order valence-corrected chi connectivity index (χ4v) is 2.08. The maximum absolute atomic E-state index is 11.6. The van der Waals surface area contributed by atoms with Gasteiger partial charge in [0.2, 0.25) is 0 Å². The smallest absolute Gasteiger partial charge is 0.307 e. The minimum atomic E-state index is -0.525. The summed E-state index contributed by atoms with van der Waals surface area (Å²) in [5.41, 5.74) is 0.225. The summed E-state index contributed by atoms with van der Waals surface area (Å²) in [6.45, 7) is 10.6. The highest BCUT2D eigenvalue weighted by molar-refractivity contribution is 5.72. The third kappa shape index (κ3) is 12.0. The summed E-state index contributed by atoms with van der Waals surface area (Å²) in [6, 6.07) is 0. The van der Waals surface area contributed by atoms with E-state index >= 15 is 0 Å². The molecule has 0 radical (unpaired) electrons. The lowest BCUT2D eigenvalue weighted by Gasteiger charge is -2.22. The number of esters is 2. The third-order valence-electron chi connectivity index (χ3n) is 2.79. The number of carbonyl (C=O) groups is 2. The molecule has 0 spiro atoms. The zero-order valence-corrected chi connectivity index (χ0v) is 13.9. The van der Waals surface area contributed by atoms with E-state index in [0.29, 0.717) is 18.9 Å². The van der Waals surface area contributed by atoms with Gasteiger partial charge in [0.05, 0.1) is 6.61 Å². The average Bonchev–Trinajstić information content (AvgIpc) is 2.34. The zero-order chi connectivity index (χ0) is 16.5. The first-order chi connectivity index (χ1) is 9.64. The van der Waals surface area contributed by atoms with Crippen LogP contribution in [0.25, 0.3) is 0 Å². The Hall–Kier alpha value is -1.50. The van der Waals surface area contributed by atoms with Gasteiger partial charge in [-0.25, -0.2) is 0 Å². The minimum absolute atomic E-state index is 0.179. The van der Waals surface area contributed by atoms with E-state index in [1.54, 1.807) is 6.92 Å². The molecule has 2 atom stereocenters. The Morgan fingerprint density at radius 3 is 2.24 bits per heavy atom. The molecule has 0 fully saturated rings. The molecule has 0 aromatic carbocycles. The number of rotatable bonds is 8. The number of carbonyl (C=O) groups excluding carboxylic acids is 2. The first-order valence-electron chi connectivity index (χ1n) is 7.45. The fraction of sp³-hybridized carbons (Fsp3) is 0.765. The van der Waals surface area contributed by atoms with Gasteiger partial charge in [0, 0.05) is 12.8 Å². The van der Waals surface area contributed by atoms with E-state index in [-0.39, 0.29) is 30.2 Å². The summed E-state index contributed by atoms with van der Waals surface area (Å²) in [6.07, 6.45) is 6.40. The van der Waals surface area contributed by atoms with Crippen LogP contribution < -0.4 is 0 Å². The summed E-state index contributed by atoms with van der Waals surface area (Å²) in [5.74, 6) is 1.99. The molecule has 0 rings (SSSR count). The molecule has 2 unspecified atom stereocenters. The molecule has 0 aromatic rings. The van der Waals surface area contributed by atoms with Crippen LogP contribution in [0.2, 0.25) is 0 Å². The normalized spacial score (nSPS) is 13.9. The van der Waals surface area contributed by atoms with Gasteiger partial charge in [0.15, 0.2) is 6.10 Å². The maximum Gasteiger partial charge on any atom is 0.307 e. The molecular weight excluding hydrogens is 268 g/mol. The predicted molar refractivity (Wildman–Crippen MR) is 82.4 cm³/mol. The monoisotopic (exact) mass is 296 g/mol. The Morgan fingerprint density at radius 2 is 1.71 bits per heavy atom. The highest BCUT2D eigenvalue weighted by Crippen LogP contribution is 2.24. The number of ether oxygens (including phenoxy) is 2. The molecule has 4 nitrogen and oxygen atoms in total. The Labute approximate surface area is 128 Å². The van der Waals surface area contributed by atoms with Crippen molar-refractivity contribution in [3.63, 3.8) is 0 Å². The largest absolute Gasteiger partial charge is 0.465 e. The number of hydrogen-bond acceptors (Lipinski definition) is 4. The minimum Gasteiger partial charge on any atom is -0.465 e. The molecule has 120 valence electrons. The second kappa shape index (κ2) is 9.44. The second-order valence-corrected chi connectivity index (χ2v) is 6.71. The Balaban J connectivity index is 3.77. The summed E-state index contributed by atoms with van der Waals surface area (Å²) >= 11 is 0. The maximum atomic E-state index is 11.6. The van der Waals surface area contributed by atoms with Crippen LogP contribution in [0.4, 0.5) is 0 Å². The molecule has 0 aliphatic carbocycles. The Kier molecular flexibility index (Phi) is 8.76. The first kappa shape index (κ1) is 19.5. The van der Waals surface area contributed by atoms with Crippen molar-refractivity contribution in [1.82, 2.24) is 0 Å². The highest BCUT2D eigenvalue weighted by Gasteiger charge is 2.17. The lowest BCUT2D eigenvalue weighted by Crippen LogP contribution is -2.18. The average molecular weight is 296 g/mol. The van der Waals surface area contributed by atoms with Gasteiger partial charge in [-0.1, -0.05) is 33.6 Å². The molecule has 4 heteroatoms. The van der Waals surface area contributed by atoms with Crippen molar-refractivity contribution >= 4 is 11.9 Å². The van der Waals surface area contributed by atoms with Crippen LogP contribution >= 0.6 is 0 Å². The Morgan fingerprint density at radius 1 is 1.14 bits per heavy atom. The van der Waals surface area contributed by atoms with Crippen LogP contribution in [0.15, 0.2) is 0 Å². The van der Waals surface area contributed by atoms with Gasteiger partial charge >= 0.3 is 11.9 Å². The molecule has 0 amide bonds. The molecule has 0 saturated carbocycles. The fourth-order valence-electron chi connectivity index (χ4n) is 2.08. The van der Waals surface area contributed by atoms with E-state index in [9.17, 15) is 9.59 Å². The number of hydrogen-bond donors (Lipinski definition) is 0. The molecule has 0 N–H and O–H groups in total. The van der Waals surface area contributed by atoms with Crippen molar-refractivity contribution in [1.29, 1.82) is 0 Å². The van der Waals surface area contributed by atoms with E-state index < -0.39 is 6.10 Å². The van der Waals surface area contributed by atoms with Crippen molar-refractivity contribution in [2.75, 3.05) is 6.61 Å².